The standard InChI is InChI=1S/C16H16FN.C14H10FN.C12H12FN.C12H8FN.C6Cl4O2.C6H7FN2.C6H10O.C3H6.ClH/c1-3-11(2)18-15-7-5-4-6-13(15)14-10-12(17)8-9-16(14)18;1-2-16-13-6-4-3-5-11(13)12-9-10(15)7-8-14(12)16;2*13-8-5-6-12-10(7-8)9-3-1-2-4-11(9)14-12;7-1-2(8)6(12)4(10)3(9)5(1)11;7-5-1-3-6(9-8)4-2-5;7-6-4-2-1-3-5-6;1-3-2;/h4-11H,3H2,1-2H3;2-9H,1H2;5-7,14H,1-4H2;1-7,14H;;1-4,9H,8H2;1-5H2;3H,1H2,2H3;1H. The van der Waals surface area contributed by atoms with Gasteiger partial charge < -0.3 is 24.5 Å². The van der Waals surface area contributed by atoms with E-state index in [0.717, 1.165) is 116 Å². The van der Waals surface area contributed by atoms with Crippen LogP contribution in [0.4, 0.5) is 27.6 Å². The maximum absolute atomic E-state index is 13.4. The maximum atomic E-state index is 13.4. The average Bonchev–Trinajstić information content (AvgIpc) is 1.62. The highest BCUT2D eigenvalue weighted by atomic mass is 35.5. The quantitative estimate of drug-likeness (QED) is 0.0458. The van der Waals surface area contributed by atoms with Crippen LogP contribution in [0.5, 0.6) is 0 Å². The number of aromatic amines is 2. The fourth-order valence-electron chi connectivity index (χ4n) is 11.1. The van der Waals surface area contributed by atoms with Gasteiger partial charge in [-0.3, -0.25) is 20.2 Å². The molecule has 488 valence electrons. The number of Topliss-reactive ketones (excluding diaryl/α,β-unsaturated/α-hetero) is 3. The predicted octanol–water partition coefficient (Wildman–Crippen LogP) is 22.3. The van der Waals surface area contributed by atoms with Gasteiger partial charge >= 0.3 is 0 Å². The van der Waals surface area contributed by atoms with Gasteiger partial charge in [0.2, 0.25) is 11.6 Å². The smallest absolute Gasteiger partial charge is 0.219 e. The third-order valence-corrected chi connectivity index (χ3v) is 17.3. The first-order chi connectivity index (χ1) is 44.8. The first kappa shape index (κ1) is 72.9. The van der Waals surface area contributed by atoms with Crippen LogP contribution in [0, 0.1) is 29.1 Å². The van der Waals surface area contributed by atoms with E-state index in [2.05, 4.69) is 59.1 Å². The Bertz CT molecular complexity index is 4670. The summed E-state index contributed by atoms with van der Waals surface area (Å²) < 4.78 is 69.2. The number of H-pyrrole nitrogens is 2. The Morgan fingerprint density at radius 1 is 0.500 bits per heavy atom. The molecule has 1 unspecified atom stereocenters. The fourth-order valence-corrected chi connectivity index (χ4v) is 11.9. The summed E-state index contributed by atoms with van der Waals surface area (Å²) in [5.41, 5.74) is 13.2. The SMILES string of the molecule is C=CC.C=Cn1c2ccccc2c2cc(F)ccc21.CCC(C)n1c2ccccc2c2cc(F)ccc21.Cl.Fc1ccc2[nH]c3c(c2c1)CCCC3.Fc1ccc2[nH]c3ccccc3c2c1.NNc1ccc(F)cc1.O=C1C(Cl)=C(Cl)C(=O)C(Cl)=C1Cl.O=C1CCCCC1. The highest BCUT2D eigenvalue weighted by molar-refractivity contribution is 6.69. The zero-order chi connectivity index (χ0) is 66.9. The molecule has 4 aromatic heterocycles. The van der Waals surface area contributed by atoms with E-state index in [-0.39, 0.29) is 41.5 Å². The van der Waals surface area contributed by atoms with Crippen LogP contribution in [-0.2, 0) is 27.2 Å². The molecule has 0 radical (unpaired) electrons. The third-order valence-electron chi connectivity index (χ3n) is 15.7. The van der Waals surface area contributed by atoms with Crippen LogP contribution in [0.2, 0.25) is 0 Å². The maximum Gasteiger partial charge on any atom is 0.219 e. The van der Waals surface area contributed by atoms with Gasteiger partial charge in [-0.15, -0.1) is 19.0 Å². The van der Waals surface area contributed by atoms with Gasteiger partial charge in [0.25, 0.3) is 0 Å². The molecule has 15 rings (SSSR count). The van der Waals surface area contributed by atoms with Crippen LogP contribution in [-0.4, -0.2) is 36.5 Å². The number of para-hydroxylation sites is 3. The van der Waals surface area contributed by atoms with Crippen molar-refractivity contribution in [3.63, 3.8) is 0 Å². The van der Waals surface area contributed by atoms with Crippen molar-refractivity contribution < 1.29 is 36.3 Å². The molecule has 12 aromatic rings. The van der Waals surface area contributed by atoms with Crippen molar-refractivity contribution in [1.82, 2.24) is 19.1 Å². The number of allylic oxidation sites excluding steroid dienone is 5. The normalized spacial score (nSPS) is 13.6. The van der Waals surface area contributed by atoms with E-state index < -0.39 is 31.7 Å². The highest BCUT2D eigenvalue weighted by Gasteiger charge is 2.31. The number of hydrazine groups is 1. The van der Waals surface area contributed by atoms with Gasteiger partial charge in [0.15, 0.2) is 0 Å². The topological polar surface area (TPSA) is 131 Å². The van der Waals surface area contributed by atoms with Crippen LogP contribution in [0.15, 0.2) is 209 Å². The summed E-state index contributed by atoms with van der Waals surface area (Å²) in [6.07, 6.45) is 14.5. The molecule has 5 N–H and O–H groups in total. The second-order valence-corrected chi connectivity index (χ2v) is 23.5. The van der Waals surface area contributed by atoms with Crippen molar-refractivity contribution in [1.29, 1.82) is 0 Å². The summed E-state index contributed by atoms with van der Waals surface area (Å²) in [5, 5.41) is 5.65. The van der Waals surface area contributed by atoms with E-state index in [0.29, 0.717) is 17.5 Å². The number of nitrogens with one attached hydrogen (secondary N) is 3. The molecule has 94 heavy (non-hydrogen) atoms. The second-order valence-electron chi connectivity index (χ2n) is 21.9. The first-order valence-electron chi connectivity index (χ1n) is 30.3. The predicted molar refractivity (Wildman–Crippen MR) is 384 cm³/mol. The fraction of sp³-hybridized carbons (Fsp3) is 0.187. The van der Waals surface area contributed by atoms with E-state index in [1.165, 1.54) is 66.4 Å². The molecule has 0 aliphatic heterocycles. The molecule has 1 fully saturated rings. The van der Waals surface area contributed by atoms with E-state index >= 15 is 0 Å². The van der Waals surface area contributed by atoms with Gasteiger partial charge in [0.05, 0.1) is 11.0 Å². The van der Waals surface area contributed by atoms with Crippen molar-refractivity contribution in [3.8, 4) is 0 Å². The number of rotatable bonds is 4. The summed E-state index contributed by atoms with van der Waals surface area (Å²) in [6.45, 7) is 13.4. The Balaban J connectivity index is 0.000000156. The van der Waals surface area contributed by atoms with Gasteiger partial charge in [0, 0.05) is 102 Å². The molecule has 4 heterocycles. The summed E-state index contributed by atoms with van der Waals surface area (Å²) >= 11 is 21.5. The van der Waals surface area contributed by atoms with Crippen molar-refractivity contribution in [2.45, 2.75) is 91.0 Å². The minimum absolute atomic E-state index is 0. The molecule has 9 nitrogen and oxygen atoms in total. The molecule has 3 aliphatic rings. The Morgan fingerprint density at radius 2 is 0.904 bits per heavy atom. The Kier molecular flexibility index (Phi) is 26.9. The Morgan fingerprint density at radius 3 is 1.44 bits per heavy atom. The molecule has 3 aliphatic carbocycles. The van der Waals surface area contributed by atoms with Crippen LogP contribution >= 0.6 is 58.8 Å². The molecule has 1 saturated carbocycles. The molecule has 1 atom stereocenters. The number of aromatic nitrogens is 4. The summed E-state index contributed by atoms with van der Waals surface area (Å²) in [4.78, 5) is 39.1. The van der Waals surface area contributed by atoms with Crippen LogP contribution in [0.1, 0.15) is 89.4 Å². The van der Waals surface area contributed by atoms with Crippen molar-refractivity contribution in [3.05, 3.63) is 250 Å². The summed E-state index contributed by atoms with van der Waals surface area (Å²) in [5.74, 6) is 3.07. The van der Waals surface area contributed by atoms with Crippen molar-refractivity contribution in [2.24, 2.45) is 5.84 Å². The number of carbonyl (C=O) groups is 3. The lowest BCUT2D eigenvalue weighted by molar-refractivity contribution is -0.120. The van der Waals surface area contributed by atoms with Crippen LogP contribution in [0.25, 0.3) is 82.5 Å². The number of aryl methyl sites for hydroxylation is 2. The van der Waals surface area contributed by atoms with Gasteiger partial charge in [-0.05, 0) is 180 Å². The number of fused-ring (bicyclic) bond motifs is 12. The molecular formula is C75H70Cl5F5N6O3. The van der Waals surface area contributed by atoms with E-state index in [4.69, 9.17) is 52.2 Å². The minimum atomic E-state index is -0.729. The Hall–Kier alpha value is -8.47. The molecule has 0 saturated heterocycles. The van der Waals surface area contributed by atoms with Gasteiger partial charge in [0.1, 0.15) is 55.0 Å². The molecule has 0 bridgehead atoms. The van der Waals surface area contributed by atoms with Crippen LogP contribution in [0.3, 0.4) is 0 Å². The number of nitrogen functional groups attached to an aromatic ring is 1. The number of benzene rings is 8. The summed E-state index contributed by atoms with van der Waals surface area (Å²) in [6, 6.07) is 50.0. The van der Waals surface area contributed by atoms with Crippen molar-refractivity contribution >= 4 is 164 Å². The number of halogens is 10. The average molecular weight is 1380 g/mol. The van der Waals surface area contributed by atoms with Crippen molar-refractivity contribution in [2.75, 3.05) is 5.43 Å². The van der Waals surface area contributed by atoms with E-state index in [9.17, 15) is 36.3 Å². The van der Waals surface area contributed by atoms with Gasteiger partial charge in [-0.1, -0.05) is 127 Å². The van der Waals surface area contributed by atoms with E-state index in [1.807, 2.05) is 84.3 Å². The monoisotopic (exact) mass is 1370 g/mol. The lowest BCUT2D eigenvalue weighted by Crippen LogP contribution is -2.14. The Labute approximate surface area is 568 Å². The largest absolute Gasteiger partial charge is 0.358 e. The lowest BCUT2D eigenvalue weighted by Gasteiger charge is -2.14. The first-order valence-corrected chi connectivity index (χ1v) is 31.8. The number of ketones is 3. The number of nitrogens with two attached hydrogens (primary N) is 1. The molecule has 8 aromatic carbocycles. The molecule has 0 amide bonds. The number of carbonyl (C=O) groups excluding carboxylic acids is 3. The number of nitrogens with zero attached hydrogens (tertiary/aromatic N) is 2. The number of hydrogen-bond acceptors (Lipinski definition) is 5. The lowest BCUT2D eigenvalue weighted by atomic mass is 9.96. The van der Waals surface area contributed by atoms with Crippen LogP contribution < -0.4 is 11.3 Å². The molecule has 0 spiro atoms. The molecular weight excluding hydrogens is 1310 g/mol. The third kappa shape index (κ3) is 17.7. The van der Waals surface area contributed by atoms with Gasteiger partial charge in [-0.25, -0.2) is 22.0 Å². The van der Waals surface area contributed by atoms with E-state index in [1.54, 1.807) is 66.9 Å². The zero-order valence-electron chi connectivity index (χ0n) is 51.9. The molecule has 19 heteroatoms. The summed E-state index contributed by atoms with van der Waals surface area (Å²) in [7, 11) is 0. The highest BCUT2D eigenvalue weighted by Crippen LogP contribution is 2.36. The number of hydrogen-bond donors (Lipinski definition) is 4. The zero-order valence-corrected chi connectivity index (χ0v) is 55.7. The second kappa shape index (κ2) is 34.6. The van der Waals surface area contributed by atoms with Gasteiger partial charge in [-0.2, -0.15) is 0 Å². The number of anilines is 1. The minimum Gasteiger partial charge on any atom is -0.358 e.